The molecule has 6 nitrogen and oxygen atoms in total. The second kappa shape index (κ2) is 12.2. The van der Waals surface area contributed by atoms with Crippen molar-refractivity contribution < 1.29 is 19.1 Å². The molecule has 0 heterocycles. The summed E-state index contributed by atoms with van der Waals surface area (Å²) in [5.41, 5.74) is 3.23. The topological polar surface area (TPSA) is 84.5 Å². The number of carbonyl (C=O) groups excluding carboxylic acids is 3. The van der Waals surface area contributed by atoms with Crippen LogP contribution in [0.5, 0.6) is 11.5 Å². The smallest absolute Gasteiger partial charge is 0.255 e. The minimum absolute atomic E-state index is 0.0935. The van der Waals surface area contributed by atoms with Crippen LogP contribution in [0.15, 0.2) is 103 Å². The number of nitrogens with one attached hydrogen (secondary N) is 2. The van der Waals surface area contributed by atoms with E-state index in [-0.39, 0.29) is 23.5 Å². The summed E-state index contributed by atoms with van der Waals surface area (Å²) in [6, 6.07) is 30.4. The maximum atomic E-state index is 12.9. The third kappa shape index (κ3) is 7.42. The van der Waals surface area contributed by atoms with E-state index in [1.54, 1.807) is 72.8 Å². The molecule has 6 heteroatoms. The molecule has 0 aliphatic carbocycles. The van der Waals surface area contributed by atoms with Crippen molar-refractivity contribution in [3.63, 3.8) is 0 Å². The molecule has 0 aliphatic heterocycles. The van der Waals surface area contributed by atoms with Crippen LogP contribution in [0.3, 0.4) is 0 Å². The lowest BCUT2D eigenvalue weighted by atomic mass is 9.82. The summed E-state index contributed by atoms with van der Waals surface area (Å²) in [5.74, 6) is 0.235. The monoisotopic (exact) mass is 520 g/mol. The fourth-order valence-corrected chi connectivity index (χ4v) is 3.97. The Bertz CT molecular complexity index is 1460. The maximum Gasteiger partial charge on any atom is 0.255 e. The lowest BCUT2D eigenvalue weighted by Gasteiger charge is -2.23. The summed E-state index contributed by atoms with van der Waals surface area (Å²) in [6.07, 6.45) is 0.764. The zero-order valence-electron chi connectivity index (χ0n) is 22.4. The van der Waals surface area contributed by atoms with Gasteiger partial charge in [-0.1, -0.05) is 75.4 Å². The van der Waals surface area contributed by atoms with Crippen LogP contribution in [0.2, 0.25) is 0 Å². The van der Waals surface area contributed by atoms with E-state index in [1.165, 1.54) is 5.56 Å². The molecule has 2 amide bonds. The Balaban J connectivity index is 1.37. The van der Waals surface area contributed by atoms with Gasteiger partial charge in [-0.2, -0.15) is 0 Å². The fourth-order valence-electron chi connectivity index (χ4n) is 3.97. The first-order valence-corrected chi connectivity index (χ1v) is 12.9. The number of ketones is 1. The van der Waals surface area contributed by atoms with Gasteiger partial charge < -0.3 is 15.4 Å². The second-order valence-corrected chi connectivity index (χ2v) is 9.94. The number of amides is 2. The number of hydrogen-bond acceptors (Lipinski definition) is 4. The summed E-state index contributed by atoms with van der Waals surface area (Å²) in [4.78, 5) is 37.6. The van der Waals surface area contributed by atoms with Gasteiger partial charge in [0.15, 0.2) is 5.78 Å². The molecule has 0 radical (unpaired) electrons. The second-order valence-electron chi connectivity index (χ2n) is 9.94. The van der Waals surface area contributed by atoms with Crippen LogP contribution in [-0.2, 0) is 10.2 Å². The molecule has 4 rings (SSSR count). The molecule has 0 bridgehead atoms. The van der Waals surface area contributed by atoms with E-state index in [1.807, 2.05) is 18.2 Å². The Kier molecular flexibility index (Phi) is 8.56. The van der Waals surface area contributed by atoms with Gasteiger partial charge in [-0.15, -0.1) is 0 Å². The maximum absolute atomic E-state index is 12.9. The Hall–Kier alpha value is -4.71. The Morgan fingerprint density at radius 1 is 0.692 bits per heavy atom. The lowest BCUT2D eigenvalue weighted by Crippen LogP contribution is -2.17. The van der Waals surface area contributed by atoms with E-state index in [0.717, 1.165) is 6.42 Å². The molecule has 0 atom stereocenters. The third-order valence-electron chi connectivity index (χ3n) is 6.67. The van der Waals surface area contributed by atoms with Crippen molar-refractivity contribution in [3.05, 3.63) is 120 Å². The number of Topliss-reactive ketones (excluding diaryl/α,β-unsaturated/α-hetero) is 1. The number of rotatable bonds is 10. The van der Waals surface area contributed by atoms with Gasteiger partial charge in [0.2, 0.25) is 5.91 Å². The van der Waals surface area contributed by atoms with E-state index in [4.69, 9.17) is 4.74 Å². The van der Waals surface area contributed by atoms with Crippen molar-refractivity contribution in [2.45, 2.75) is 39.0 Å². The van der Waals surface area contributed by atoms with Crippen molar-refractivity contribution in [1.82, 2.24) is 0 Å². The molecule has 4 aromatic rings. The molecular formula is C33H32N2O4. The van der Waals surface area contributed by atoms with Gasteiger partial charge in [0.25, 0.3) is 5.91 Å². The van der Waals surface area contributed by atoms with Gasteiger partial charge in [0.05, 0.1) is 6.42 Å². The van der Waals surface area contributed by atoms with Crippen molar-refractivity contribution in [3.8, 4) is 11.5 Å². The predicted octanol–water partition coefficient (Wildman–Crippen LogP) is 7.63. The first-order chi connectivity index (χ1) is 18.7. The highest BCUT2D eigenvalue weighted by Gasteiger charge is 2.18. The van der Waals surface area contributed by atoms with Crippen LogP contribution >= 0.6 is 0 Å². The van der Waals surface area contributed by atoms with E-state index >= 15 is 0 Å². The Morgan fingerprint density at radius 3 is 2.03 bits per heavy atom. The van der Waals surface area contributed by atoms with Gasteiger partial charge in [-0.25, -0.2) is 0 Å². The number of ether oxygens (including phenoxy) is 1. The zero-order valence-corrected chi connectivity index (χ0v) is 22.4. The molecule has 2 N–H and O–H groups in total. The van der Waals surface area contributed by atoms with E-state index < -0.39 is 5.91 Å². The quantitative estimate of drug-likeness (QED) is 0.166. The van der Waals surface area contributed by atoms with Crippen LogP contribution in [0.25, 0.3) is 0 Å². The van der Waals surface area contributed by atoms with Crippen LogP contribution < -0.4 is 15.4 Å². The van der Waals surface area contributed by atoms with E-state index in [0.29, 0.717) is 34.0 Å². The van der Waals surface area contributed by atoms with E-state index in [2.05, 4.69) is 43.5 Å². The molecular weight excluding hydrogens is 488 g/mol. The zero-order chi connectivity index (χ0) is 27.8. The normalized spacial score (nSPS) is 10.9. The molecule has 4 aromatic carbocycles. The predicted molar refractivity (Wildman–Crippen MR) is 155 cm³/mol. The minimum Gasteiger partial charge on any atom is -0.457 e. The van der Waals surface area contributed by atoms with Crippen molar-refractivity contribution in [2.24, 2.45) is 0 Å². The largest absolute Gasteiger partial charge is 0.457 e. The third-order valence-corrected chi connectivity index (χ3v) is 6.67. The Labute approximate surface area is 229 Å². The Morgan fingerprint density at radius 2 is 1.33 bits per heavy atom. The highest BCUT2D eigenvalue weighted by Crippen LogP contribution is 2.30. The van der Waals surface area contributed by atoms with Crippen molar-refractivity contribution >= 4 is 29.0 Å². The van der Waals surface area contributed by atoms with Gasteiger partial charge in [0.1, 0.15) is 11.5 Å². The van der Waals surface area contributed by atoms with Gasteiger partial charge in [0, 0.05) is 22.5 Å². The SMILES string of the molecule is CCC(C)(C)c1ccc(Oc2cccc(C(=O)Nc3cccc(NC(=O)CC(=O)c4ccccc4)c3)c2)cc1. The standard InChI is InChI=1S/C33H32N2O4/c1-4-33(2,3)25-16-18-28(19-17-25)39-29-15-8-12-24(20-29)32(38)35-27-14-9-13-26(21-27)34-31(37)22-30(36)23-10-6-5-7-11-23/h5-21H,4,22H2,1-3H3,(H,34,37)(H,35,38). The highest BCUT2D eigenvalue weighted by molar-refractivity contribution is 6.11. The highest BCUT2D eigenvalue weighted by atomic mass is 16.5. The van der Waals surface area contributed by atoms with Gasteiger partial charge in [-0.05, 0) is 65.9 Å². The summed E-state index contributed by atoms with van der Waals surface area (Å²) < 4.78 is 5.99. The molecule has 0 saturated heterocycles. The molecule has 0 saturated carbocycles. The van der Waals surface area contributed by atoms with Crippen LogP contribution in [0.4, 0.5) is 11.4 Å². The molecule has 0 fully saturated rings. The molecule has 0 unspecified atom stereocenters. The average Bonchev–Trinajstić information content (AvgIpc) is 2.94. The number of benzene rings is 4. The minimum atomic E-state index is -0.427. The van der Waals surface area contributed by atoms with Crippen LogP contribution in [0, 0.1) is 0 Å². The summed E-state index contributed by atoms with van der Waals surface area (Å²) >= 11 is 0. The van der Waals surface area contributed by atoms with Gasteiger partial charge in [-0.3, -0.25) is 14.4 Å². The van der Waals surface area contributed by atoms with Gasteiger partial charge >= 0.3 is 0 Å². The van der Waals surface area contributed by atoms with Crippen LogP contribution in [0.1, 0.15) is 59.9 Å². The molecule has 0 aromatic heterocycles. The average molecular weight is 521 g/mol. The molecule has 0 aliphatic rings. The van der Waals surface area contributed by atoms with Crippen molar-refractivity contribution in [1.29, 1.82) is 0 Å². The number of carbonyl (C=O) groups is 3. The summed E-state index contributed by atoms with van der Waals surface area (Å²) in [6.45, 7) is 6.59. The summed E-state index contributed by atoms with van der Waals surface area (Å²) in [7, 11) is 0. The lowest BCUT2D eigenvalue weighted by molar-refractivity contribution is -0.115. The molecule has 198 valence electrons. The van der Waals surface area contributed by atoms with Crippen LogP contribution in [-0.4, -0.2) is 17.6 Å². The molecule has 0 spiro atoms. The van der Waals surface area contributed by atoms with Crippen molar-refractivity contribution in [2.75, 3.05) is 10.6 Å². The number of anilines is 2. The van der Waals surface area contributed by atoms with E-state index in [9.17, 15) is 14.4 Å². The first-order valence-electron chi connectivity index (χ1n) is 12.9. The first kappa shape index (κ1) is 27.3. The fraction of sp³-hybridized carbons (Fsp3) is 0.182. The molecule has 39 heavy (non-hydrogen) atoms. The summed E-state index contributed by atoms with van der Waals surface area (Å²) in [5, 5.41) is 5.57. The number of hydrogen-bond donors (Lipinski definition) is 2.